The smallest absolute Gasteiger partial charge is 0.0863 e. The summed E-state index contributed by atoms with van der Waals surface area (Å²) >= 11 is 0. The highest BCUT2D eigenvalue weighted by molar-refractivity contribution is 4.90. The van der Waals surface area contributed by atoms with E-state index in [1.807, 2.05) is 0 Å². The molecule has 0 saturated carbocycles. The van der Waals surface area contributed by atoms with Crippen molar-refractivity contribution in [1.82, 2.24) is 0 Å². The number of methoxy groups -OCH3 is 1. The normalized spacial score (nSPS) is 49.6. The zero-order valence-electron chi connectivity index (χ0n) is 6.69. The Balaban J connectivity index is 2.00. The Bertz CT molecular complexity index is 146. The lowest BCUT2D eigenvalue weighted by atomic mass is 10.1. The number of aliphatic hydroxyl groups excluding tert-OH is 1. The van der Waals surface area contributed by atoms with Crippen LogP contribution < -0.4 is 0 Å². The average molecular weight is 158 g/mol. The van der Waals surface area contributed by atoms with E-state index in [0.717, 1.165) is 19.3 Å². The number of aliphatic hydroxyl groups is 1. The third-order valence-corrected chi connectivity index (χ3v) is 2.66. The molecule has 0 amide bonds. The summed E-state index contributed by atoms with van der Waals surface area (Å²) in [6.07, 6.45) is 2.94. The number of fused-ring (bicyclic) bond motifs is 2. The summed E-state index contributed by atoms with van der Waals surface area (Å²) < 4.78 is 10.7. The van der Waals surface area contributed by atoms with Crippen LogP contribution in [0.4, 0.5) is 0 Å². The van der Waals surface area contributed by atoms with Crippen LogP contribution in [0.25, 0.3) is 0 Å². The molecule has 0 aromatic rings. The van der Waals surface area contributed by atoms with E-state index in [9.17, 15) is 5.11 Å². The van der Waals surface area contributed by atoms with E-state index in [4.69, 9.17) is 9.47 Å². The van der Waals surface area contributed by atoms with Crippen molar-refractivity contribution in [3.63, 3.8) is 0 Å². The van der Waals surface area contributed by atoms with Crippen molar-refractivity contribution in [3.8, 4) is 0 Å². The van der Waals surface area contributed by atoms with Crippen LogP contribution in [0.2, 0.25) is 0 Å². The average Bonchev–Trinajstić information content (AvgIpc) is 2.26. The van der Waals surface area contributed by atoms with E-state index in [2.05, 4.69) is 0 Å². The maximum atomic E-state index is 9.43. The molecule has 2 rings (SSSR count). The van der Waals surface area contributed by atoms with Gasteiger partial charge in [0.05, 0.1) is 24.4 Å². The minimum Gasteiger partial charge on any atom is -0.390 e. The molecule has 64 valence electrons. The van der Waals surface area contributed by atoms with Crippen molar-refractivity contribution in [2.45, 2.75) is 43.7 Å². The first-order valence-corrected chi connectivity index (χ1v) is 4.16. The molecule has 2 fully saturated rings. The van der Waals surface area contributed by atoms with Crippen LogP contribution in [-0.2, 0) is 9.47 Å². The zero-order chi connectivity index (χ0) is 7.84. The molecule has 1 N–H and O–H groups in total. The molecule has 2 bridgehead atoms. The van der Waals surface area contributed by atoms with E-state index < -0.39 is 0 Å². The molecule has 0 aromatic carbocycles. The topological polar surface area (TPSA) is 38.7 Å². The highest BCUT2D eigenvalue weighted by Gasteiger charge is 2.41. The number of rotatable bonds is 1. The molecule has 11 heavy (non-hydrogen) atoms. The van der Waals surface area contributed by atoms with Crippen molar-refractivity contribution in [1.29, 1.82) is 0 Å². The van der Waals surface area contributed by atoms with Crippen molar-refractivity contribution in [2.24, 2.45) is 0 Å². The standard InChI is InChI=1S/C8H14O3/c1-10-5-2-6-3-7(9)8(4-5)11-6/h5-9H,2-4H2,1H3/t5-,6-,7-,8+/m0/s1. The Morgan fingerprint density at radius 1 is 1.36 bits per heavy atom. The molecule has 0 unspecified atom stereocenters. The summed E-state index contributed by atoms with van der Waals surface area (Å²) in [6.45, 7) is 0. The highest BCUT2D eigenvalue weighted by Crippen LogP contribution is 2.33. The Labute approximate surface area is 66.3 Å². The molecule has 4 atom stereocenters. The molecule has 2 heterocycles. The monoisotopic (exact) mass is 158 g/mol. The van der Waals surface area contributed by atoms with Crippen LogP contribution in [0.1, 0.15) is 19.3 Å². The van der Waals surface area contributed by atoms with Gasteiger partial charge in [-0.2, -0.15) is 0 Å². The van der Waals surface area contributed by atoms with Crippen LogP contribution >= 0.6 is 0 Å². The first-order chi connectivity index (χ1) is 5.29. The van der Waals surface area contributed by atoms with Crippen molar-refractivity contribution in [2.75, 3.05) is 7.11 Å². The van der Waals surface area contributed by atoms with Gasteiger partial charge in [-0.1, -0.05) is 0 Å². The fraction of sp³-hybridized carbons (Fsp3) is 1.00. The first kappa shape index (κ1) is 7.53. The number of hydrogen-bond donors (Lipinski definition) is 1. The molecule has 0 spiro atoms. The number of hydrogen-bond acceptors (Lipinski definition) is 3. The van der Waals surface area contributed by atoms with Crippen LogP contribution in [0.3, 0.4) is 0 Å². The molecule has 3 heteroatoms. The van der Waals surface area contributed by atoms with Crippen molar-refractivity contribution < 1.29 is 14.6 Å². The molecule has 3 nitrogen and oxygen atoms in total. The zero-order valence-corrected chi connectivity index (χ0v) is 6.69. The minimum atomic E-state index is -0.250. The van der Waals surface area contributed by atoms with E-state index >= 15 is 0 Å². The van der Waals surface area contributed by atoms with Gasteiger partial charge in [0.15, 0.2) is 0 Å². The molecule has 0 aromatic heterocycles. The maximum Gasteiger partial charge on any atom is 0.0863 e. The fourth-order valence-electron chi connectivity index (χ4n) is 2.02. The Kier molecular flexibility index (Phi) is 1.87. The third-order valence-electron chi connectivity index (χ3n) is 2.66. The Morgan fingerprint density at radius 3 is 2.82 bits per heavy atom. The molecular weight excluding hydrogens is 144 g/mol. The van der Waals surface area contributed by atoms with Gasteiger partial charge in [0.25, 0.3) is 0 Å². The minimum absolute atomic E-state index is 0.0405. The second-order valence-corrected chi connectivity index (χ2v) is 3.43. The molecule has 0 radical (unpaired) electrons. The maximum absolute atomic E-state index is 9.43. The lowest BCUT2D eigenvalue weighted by Crippen LogP contribution is -2.32. The first-order valence-electron chi connectivity index (χ1n) is 4.16. The number of ether oxygens (including phenoxy) is 2. The summed E-state index contributed by atoms with van der Waals surface area (Å²) in [7, 11) is 1.72. The van der Waals surface area contributed by atoms with Gasteiger partial charge in [-0.3, -0.25) is 0 Å². The summed E-state index contributed by atoms with van der Waals surface area (Å²) in [6, 6.07) is 0. The van der Waals surface area contributed by atoms with Gasteiger partial charge < -0.3 is 14.6 Å². The van der Waals surface area contributed by atoms with Crippen molar-refractivity contribution in [3.05, 3.63) is 0 Å². The molecule has 2 saturated heterocycles. The fourth-order valence-corrected chi connectivity index (χ4v) is 2.02. The summed E-state index contributed by atoms with van der Waals surface area (Å²) in [4.78, 5) is 0. The SMILES string of the molecule is CO[C@H]1C[C@H]2C[C@H](O)[C@@H](C1)O2. The largest absolute Gasteiger partial charge is 0.390 e. The molecule has 0 aliphatic carbocycles. The third kappa shape index (κ3) is 1.28. The summed E-state index contributed by atoms with van der Waals surface area (Å²) in [5.41, 5.74) is 0. The Hall–Kier alpha value is -0.120. The highest BCUT2D eigenvalue weighted by atomic mass is 16.5. The van der Waals surface area contributed by atoms with E-state index in [0.29, 0.717) is 6.10 Å². The summed E-state index contributed by atoms with van der Waals surface area (Å²) in [5, 5.41) is 9.43. The molecule has 2 aliphatic heterocycles. The second-order valence-electron chi connectivity index (χ2n) is 3.43. The van der Waals surface area contributed by atoms with Gasteiger partial charge in [-0.25, -0.2) is 0 Å². The van der Waals surface area contributed by atoms with Gasteiger partial charge in [0.2, 0.25) is 0 Å². The van der Waals surface area contributed by atoms with Gasteiger partial charge >= 0.3 is 0 Å². The lowest BCUT2D eigenvalue weighted by Gasteiger charge is -2.27. The van der Waals surface area contributed by atoms with E-state index in [-0.39, 0.29) is 18.3 Å². The van der Waals surface area contributed by atoms with Gasteiger partial charge in [0.1, 0.15) is 0 Å². The van der Waals surface area contributed by atoms with Crippen LogP contribution in [0.5, 0.6) is 0 Å². The molecular formula is C8H14O3. The van der Waals surface area contributed by atoms with Crippen molar-refractivity contribution >= 4 is 0 Å². The van der Waals surface area contributed by atoms with Gasteiger partial charge in [-0.05, 0) is 6.42 Å². The Morgan fingerprint density at radius 2 is 2.18 bits per heavy atom. The lowest BCUT2D eigenvalue weighted by molar-refractivity contribution is -0.0816. The second kappa shape index (κ2) is 2.73. The predicted molar refractivity (Wildman–Crippen MR) is 39.3 cm³/mol. The quantitative estimate of drug-likeness (QED) is 0.597. The van der Waals surface area contributed by atoms with Crippen LogP contribution in [-0.4, -0.2) is 36.6 Å². The molecule has 2 aliphatic rings. The van der Waals surface area contributed by atoms with Gasteiger partial charge in [0, 0.05) is 20.0 Å². The van der Waals surface area contributed by atoms with Crippen LogP contribution in [0, 0.1) is 0 Å². The van der Waals surface area contributed by atoms with Crippen LogP contribution in [0.15, 0.2) is 0 Å². The van der Waals surface area contributed by atoms with E-state index in [1.54, 1.807) is 7.11 Å². The van der Waals surface area contributed by atoms with E-state index in [1.165, 1.54) is 0 Å². The predicted octanol–water partition coefficient (Wildman–Crippen LogP) is 0.314. The summed E-state index contributed by atoms with van der Waals surface area (Å²) in [5.74, 6) is 0. The van der Waals surface area contributed by atoms with Gasteiger partial charge in [-0.15, -0.1) is 0 Å².